The highest BCUT2D eigenvalue weighted by Gasteiger charge is 2.30. The van der Waals surface area contributed by atoms with Crippen LogP contribution in [0.5, 0.6) is 0 Å². The molecule has 2 rings (SSSR count). The van der Waals surface area contributed by atoms with Crippen LogP contribution in [0.25, 0.3) is 0 Å². The zero-order valence-electron chi connectivity index (χ0n) is 9.24. The molecule has 16 heavy (non-hydrogen) atoms. The predicted molar refractivity (Wildman–Crippen MR) is 58.6 cm³/mol. The number of hydrogen-bond acceptors (Lipinski definition) is 4. The van der Waals surface area contributed by atoms with Gasteiger partial charge in [0, 0.05) is 25.7 Å². The largest absolute Gasteiger partial charge is 0.368 e. The molecule has 0 radical (unpaired) electrons. The smallest absolute Gasteiger partial charge is 0.236 e. The minimum Gasteiger partial charge on any atom is -0.368 e. The Hall–Kier alpha value is -1.14. The van der Waals surface area contributed by atoms with E-state index in [1.165, 1.54) is 0 Å². The number of amides is 2. The van der Waals surface area contributed by atoms with Crippen LogP contribution in [-0.2, 0) is 9.59 Å². The van der Waals surface area contributed by atoms with Gasteiger partial charge in [-0.25, -0.2) is 0 Å². The Morgan fingerprint density at radius 3 is 2.81 bits per heavy atom. The van der Waals surface area contributed by atoms with E-state index in [1.54, 1.807) is 0 Å². The Labute approximate surface area is 94.5 Å². The molecule has 2 aliphatic rings. The molecule has 0 aromatic carbocycles. The maximum atomic E-state index is 11.6. The molecule has 6 heteroatoms. The molecule has 2 fully saturated rings. The van der Waals surface area contributed by atoms with E-state index in [1.807, 2.05) is 4.90 Å². The lowest BCUT2D eigenvalue weighted by molar-refractivity contribution is -0.127. The lowest BCUT2D eigenvalue weighted by Gasteiger charge is -2.33. The van der Waals surface area contributed by atoms with Crippen molar-refractivity contribution in [2.45, 2.75) is 24.9 Å². The van der Waals surface area contributed by atoms with Crippen LogP contribution in [0, 0.1) is 0 Å². The van der Waals surface area contributed by atoms with Crippen molar-refractivity contribution in [3.63, 3.8) is 0 Å². The predicted octanol–water partition coefficient (Wildman–Crippen LogP) is -1.98. The van der Waals surface area contributed by atoms with Gasteiger partial charge in [0.1, 0.15) is 6.04 Å². The zero-order valence-corrected chi connectivity index (χ0v) is 9.24. The maximum Gasteiger partial charge on any atom is 0.236 e. The van der Waals surface area contributed by atoms with Crippen molar-refractivity contribution in [2.75, 3.05) is 26.2 Å². The zero-order chi connectivity index (χ0) is 11.5. The van der Waals surface area contributed by atoms with Crippen molar-refractivity contribution in [3.05, 3.63) is 0 Å². The highest BCUT2D eigenvalue weighted by atomic mass is 16.2. The van der Waals surface area contributed by atoms with Gasteiger partial charge in [-0.05, 0) is 12.8 Å². The molecule has 0 aromatic rings. The number of rotatable bonds is 4. The van der Waals surface area contributed by atoms with Crippen molar-refractivity contribution >= 4 is 11.8 Å². The number of carbonyl (C=O) groups is 2. The maximum absolute atomic E-state index is 11.6. The van der Waals surface area contributed by atoms with E-state index in [4.69, 9.17) is 5.73 Å². The molecule has 0 spiro atoms. The van der Waals surface area contributed by atoms with Gasteiger partial charge in [0.15, 0.2) is 0 Å². The van der Waals surface area contributed by atoms with E-state index in [-0.39, 0.29) is 24.4 Å². The van der Waals surface area contributed by atoms with Crippen molar-refractivity contribution < 1.29 is 9.59 Å². The number of nitrogens with zero attached hydrogens (tertiary/aromatic N) is 1. The highest BCUT2D eigenvalue weighted by Crippen LogP contribution is 2.18. The third kappa shape index (κ3) is 2.93. The standard InChI is InChI=1S/C10H18N4O2/c11-10(16)8-5-12-3-4-14(8)6-9(15)13-7-1-2-7/h7-8,12H,1-6H2,(H2,11,16)(H,13,15). The molecular formula is C10H18N4O2. The first-order valence-electron chi connectivity index (χ1n) is 5.70. The van der Waals surface area contributed by atoms with E-state index in [0.29, 0.717) is 19.1 Å². The van der Waals surface area contributed by atoms with Crippen LogP contribution in [0.3, 0.4) is 0 Å². The Morgan fingerprint density at radius 2 is 2.19 bits per heavy atom. The number of primary amides is 1. The first-order valence-corrected chi connectivity index (χ1v) is 5.70. The van der Waals surface area contributed by atoms with Gasteiger partial charge in [0.05, 0.1) is 6.54 Å². The fraction of sp³-hybridized carbons (Fsp3) is 0.800. The second kappa shape index (κ2) is 4.80. The summed E-state index contributed by atoms with van der Waals surface area (Å²) >= 11 is 0. The van der Waals surface area contributed by atoms with Gasteiger partial charge in [-0.2, -0.15) is 0 Å². The van der Waals surface area contributed by atoms with Crippen LogP contribution >= 0.6 is 0 Å². The summed E-state index contributed by atoms with van der Waals surface area (Å²) in [5.41, 5.74) is 5.29. The van der Waals surface area contributed by atoms with E-state index >= 15 is 0 Å². The van der Waals surface area contributed by atoms with Gasteiger partial charge in [-0.1, -0.05) is 0 Å². The molecule has 4 N–H and O–H groups in total. The molecule has 1 saturated heterocycles. The minimum absolute atomic E-state index is 0.00403. The van der Waals surface area contributed by atoms with Crippen molar-refractivity contribution in [2.24, 2.45) is 5.73 Å². The lowest BCUT2D eigenvalue weighted by Crippen LogP contribution is -2.58. The van der Waals surface area contributed by atoms with E-state index in [9.17, 15) is 9.59 Å². The molecule has 1 atom stereocenters. The third-order valence-electron chi connectivity index (χ3n) is 2.97. The van der Waals surface area contributed by atoms with Gasteiger partial charge in [-0.15, -0.1) is 0 Å². The fourth-order valence-electron chi connectivity index (χ4n) is 1.90. The first kappa shape index (κ1) is 11.3. The van der Waals surface area contributed by atoms with Crippen LogP contribution in [0.2, 0.25) is 0 Å². The Bertz CT molecular complexity index is 291. The molecule has 2 amide bonds. The van der Waals surface area contributed by atoms with Crippen molar-refractivity contribution in [3.8, 4) is 0 Å². The first-order chi connectivity index (χ1) is 7.66. The number of nitrogens with two attached hydrogens (primary N) is 1. The Balaban J connectivity index is 1.84. The monoisotopic (exact) mass is 226 g/mol. The summed E-state index contributed by atoms with van der Waals surface area (Å²) < 4.78 is 0. The summed E-state index contributed by atoms with van der Waals surface area (Å²) in [6.45, 7) is 2.28. The molecule has 1 aliphatic carbocycles. The summed E-state index contributed by atoms with van der Waals surface area (Å²) in [5, 5.41) is 6.01. The molecule has 90 valence electrons. The number of carbonyl (C=O) groups excluding carboxylic acids is 2. The van der Waals surface area contributed by atoms with Crippen LogP contribution in [0.4, 0.5) is 0 Å². The number of hydrogen-bond donors (Lipinski definition) is 3. The van der Waals surface area contributed by atoms with E-state index in [2.05, 4.69) is 10.6 Å². The average Bonchev–Trinajstić information content (AvgIpc) is 3.02. The normalized spacial score (nSPS) is 26.4. The summed E-state index contributed by atoms with van der Waals surface area (Å²) in [5.74, 6) is -0.373. The van der Waals surface area contributed by atoms with Gasteiger partial charge in [0.2, 0.25) is 11.8 Å². The van der Waals surface area contributed by atoms with Gasteiger partial charge in [0.25, 0.3) is 0 Å². The van der Waals surface area contributed by atoms with Crippen LogP contribution < -0.4 is 16.4 Å². The topological polar surface area (TPSA) is 87.5 Å². The Kier molecular flexibility index (Phi) is 3.40. The third-order valence-corrected chi connectivity index (χ3v) is 2.97. The second-order valence-corrected chi connectivity index (χ2v) is 4.43. The van der Waals surface area contributed by atoms with E-state index < -0.39 is 0 Å². The highest BCUT2D eigenvalue weighted by molar-refractivity contribution is 5.83. The lowest BCUT2D eigenvalue weighted by atomic mass is 10.2. The molecule has 1 heterocycles. The molecular weight excluding hydrogens is 208 g/mol. The SMILES string of the molecule is NC(=O)C1CNCCN1CC(=O)NC1CC1. The Morgan fingerprint density at radius 1 is 1.44 bits per heavy atom. The van der Waals surface area contributed by atoms with Crippen molar-refractivity contribution in [1.82, 2.24) is 15.5 Å². The van der Waals surface area contributed by atoms with Gasteiger partial charge in [-0.3, -0.25) is 14.5 Å². The van der Waals surface area contributed by atoms with Crippen LogP contribution in [-0.4, -0.2) is 55.0 Å². The summed E-state index contributed by atoms with van der Waals surface area (Å²) in [6, 6.07) is 0.00106. The number of nitrogens with one attached hydrogen (secondary N) is 2. The van der Waals surface area contributed by atoms with Crippen LogP contribution in [0.15, 0.2) is 0 Å². The quantitative estimate of drug-likeness (QED) is 0.518. The molecule has 1 unspecified atom stereocenters. The summed E-state index contributed by atoms with van der Waals surface area (Å²) in [6.07, 6.45) is 2.15. The average molecular weight is 226 g/mol. The second-order valence-electron chi connectivity index (χ2n) is 4.43. The molecule has 0 bridgehead atoms. The molecule has 0 aromatic heterocycles. The van der Waals surface area contributed by atoms with E-state index in [0.717, 1.165) is 19.4 Å². The van der Waals surface area contributed by atoms with Crippen LogP contribution in [0.1, 0.15) is 12.8 Å². The summed E-state index contributed by atoms with van der Waals surface area (Å²) in [4.78, 5) is 24.6. The molecule has 1 aliphatic heterocycles. The summed E-state index contributed by atoms with van der Waals surface area (Å²) in [7, 11) is 0. The van der Waals surface area contributed by atoms with Crippen molar-refractivity contribution in [1.29, 1.82) is 0 Å². The molecule has 6 nitrogen and oxygen atoms in total. The number of piperazine rings is 1. The van der Waals surface area contributed by atoms with Gasteiger partial charge < -0.3 is 16.4 Å². The molecule has 1 saturated carbocycles. The minimum atomic E-state index is -0.369. The fourth-order valence-corrected chi connectivity index (χ4v) is 1.90. The van der Waals surface area contributed by atoms with Gasteiger partial charge >= 0.3 is 0 Å².